The van der Waals surface area contributed by atoms with Crippen molar-refractivity contribution in [3.05, 3.63) is 46.0 Å². The molecule has 8 heteroatoms. The minimum Gasteiger partial charge on any atom is -0.396 e. The van der Waals surface area contributed by atoms with E-state index in [-0.39, 0.29) is 0 Å². The molecule has 0 atom stereocenters. The zero-order chi connectivity index (χ0) is 16.1. The molecule has 0 radical (unpaired) electrons. The first-order valence-corrected chi connectivity index (χ1v) is 7.63. The average molecular weight is 347 g/mol. The van der Waals surface area contributed by atoms with Gasteiger partial charge in [0.25, 0.3) is 0 Å². The van der Waals surface area contributed by atoms with Crippen LogP contribution in [0.5, 0.6) is 0 Å². The third kappa shape index (κ3) is 2.27. The fourth-order valence-electron chi connectivity index (χ4n) is 2.57. The molecule has 0 fully saturated rings. The molecule has 0 saturated heterocycles. The highest BCUT2D eigenvalue weighted by Gasteiger charge is 2.12. The van der Waals surface area contributed by atoms with Gasteiger partial charge in [0.15, 0.2) is 0 Å². The number of aromatic amines is 2. The van der Waals surface area contributed by atoms with Crippen LogP contribution in [0.15, 0.2) is 24.3 Å². The molecular formula is C15H12Cl2N6. The van der Waals surface area contributed by atoms with Crippen LogP contribution in [0, 0.1) is 0 Å². The predicted octanol–water partition coefficient (Wildman–Crippen LogP) is 3.50. The molecule has 0 saturated carbocycles. The molecule has 0 aliphatic heterocycles. The molecule has 2 aromatic heterocycles. The summed E-state index contributed by atoms with van der Waals surface area (Å²) in [5.41, 5.74) is 15.8. The molecule has 6 N–H and O–H groups in total. The van der Waals surface area contributed by atoms with Crippen LogP contribution in [0.2, 0.25) is 10.0 Å². The first kappa shape index (κ1) is 14.2. The summed E-state index contributed by atoms with van der Waals surface area (Å²) in [4.78, 5) is 15.4. The Bertz CT molecular complexity index is 965. The summed E-state index contributed by atoms with van der Waals surface area (Å²) < 4.78 is 0. The van der Waals surface area contributed by atoms with Gasteiger partial charge in [-0.3, -0.25) is 0 Å². The van der Waals surface area contributed by atoms with E-state index >= 15 is 0 Å². The third-order valence-electron chi connectivity index (χ3n) is 3.71. The second-order valence-corrected chi connectivity index (χ2v) is 6.07. The molecule has 0 aliphatic carbocycles. The lowest BCUT2D eigenvalue weighted by molar-refractivity contribution is 0.960. The van der Waals surface area contributed by atoms with Gasteiger partial charge in [-0.25, -0.2) is 9.97 Å². The quantitative estimate of drug-likeness (QED) is 0.416. The van der Waals surface area contributed by atoms with Crippen LogP contribution >= 0.6 is 23.2 Å². The number of nitrogens with two attached hydrogens (primary N) is 2. The Morgan fingerprint density at radius 2 is 1.22 bits per heavy atom. The number of nitrogens with zero attached hydrogens (tertiary/aromatic N) is 2. The number of fused-ring (bicyclic) bond motifs is 2. The number of nitrogen functional groups attached to an aromatic ring is 2. The van der Waals surface area contributed by atoms with Crippen molar-refractivity contribution in [1.82, 2.24) is 19.9 Å². The maximum Gasteiger partial charge on any atom is 0.114 e. The number of anilines is 2. The van der Waals surface area contributed by atoms with Crippen LogP contribution in [0.1, 0.15) is 11.6 Å². The molecule has 2 aromatic carbocycles. The van der Waals surface area contributed by atoms with E-state index in [1.807, 2.05) is 12.1 Å². The summed E-state index contributed by atoms with van der Waals surface area (Å²) in [5.74, 6) is 1.47. The van der Waals surface area contributed by atoms with Crippen LogP contribution in [-0.2, 0) is 6.42 Å². The van der Waals surface area contributed by atoms with E-state index in [2.05, 4.69) is 19.9 Å². The number of hydrogen-bond acceptors (Lipinski definition) is 4. The molecule has 2 heterocycles. The van der Waals surface area contributed by atoms with Crippen LogP contribution in [0.4, 0.5) is 11.4 Å². The Hall–Kier alpha value is -2.44. The topological polar surface area (TPSA) is 109 Å². The number of hydrogen-bond donors (Lipinski definition) is 4. The smallest absolute Gasteiger partial charge is 0.114 e. The van der Waals surface area contributed by atoms with Crippen LogP contribution in [0.3, 0.4) is 0 Å². The van der Waals surface area contributed by atoms with Gasteiger partial charge in [0.2, 0.25) is 0 Å². The van der Waals surface area contributed by atoms with Crippen LogP contribution < -0.4 is 11.5 Å². The lowest BCUT2D eigenvalue weighted by atomic mass is 10.3. The lowest BCUT2D eigenvalue weighted by Gasteiger charge is -1.96. The highest BCUT2D eigenvalue weighted by Crippen LogP contribution is 2.29. The Morgan fingerprint density at radius 1 is 0.783 bits per heavy atom. The van der Waals surface area contributed by atoms with Crippen molar-refractivity contribution in [1.29, 1.82) is 0 Å². The standard InChI is InChI=1S/C15H12Cl2N6/c16-6-1-3-8-14(12(6)18)22-10(20-8)5-11-21-9-4-2-7(17)13(19)15(9)23-11/h1-4H,5,18-19H2,(H,20,22)(H,21,23). The van der Waals surface area contributed by atoms with Crippen molar-refractivity contribution in [2.45, 2.75) is 6.42 Å². The molecular weight excluding hydrogens is 335 g/mol. The van der Waals surface area contributed by atoms with Crippen molar-refractivity contribution >= 4 is 56.6 Å². The van der Waals surface area contributed by atoms with Gasteiger partial charge in [-0.15, -0.1) is 0 Å². The molecule has 23 heavy (non-hydrogen) atoms. The van der Waals surface area contributed by atoms with Gasteiger partial charge in [-0.2, -0.15) is 0 Å². The van der Waals surface area contributed by atoms with Gasteiger partial charge in [0.05, 0.1) is 38.9 Å². The molecule has 6 nitrogen and oxygen atoms in total. The number of aromatic nitrogens is 4. The summed E-state index contributed by atoms with van der Waals surface area (Å²) in [6, 6.07) is 7.18. The number of nitrogens with one attached hydrogen (secondary N) is 2. The van der Waals surface area contributed by atoms with Crippen molar-refractivity contribution in [3.8, 4) is 0 Å². The van der Waals surface area contributed by atoms with Gasteiger partial charge < -0.3 is 21.4 Å². The summed E-state index contributed by atoms with van der Waals surface area (Å²) in [6.45, 7) is 0. The zero-order valence-electron chi connectivity index (χ0n) is 11.8. The third-order valence-corrected chi connectivity index (χ3v) is 4.37. The maximum atomic E-state index is 6.02. The van der Waals surface area contributed by atoms with Crippen molar-refractivity contribution < 1.29 is 0 Å². The summed E-state index contributed by atoms with van der Waals surface area (Å²) >= 11 is 12.0. The van der Waals surface area contributed by atoms with Crippen molar-refractivity contribution in [2.75, 3.05) is 11.5 Å². The van der Waals surface area contributed by atoms with Crippen molar-refractivity contribution in [3.63, 3.8) is 0 Å². The highest BCUT2D eigenvalue weighted by molar-refractivity contribution is 6.34. The fourth-order valence-corrected chi connectivity index (χ4v) is 2.88. The number of imidazole rings is 2. The normalized spacial score (nSPS) is 11.6. The zero-order valence-corrected chi connectivity index (χ0v) is 13.3. The molecule has 0 aliphatic rings. The molecule has 4 aromatic rings. The van der Waals surface area contributed by atoms with Crippen LogP contribution in [-0.4, -0.2) is 19.9 Å². The first-order valence-electron chi connectivity index (χ1n) is 6.88. The summed E-state index contributed by atoms with van der Waals surface area (Å²) in [7, 11) is 0. The minimum absolute atomic E-state index is 0.465. The fraction of sp³-hybridized carbons (Fsp3) is 0.0667. The Morgan fingerprint density at radius 3 is 1.65 bits per heavy atom. The molecule has 116 valence electrons. The van der Waals surface area contributed by atoms with E-state index in [9.17, 15) is 0 Å². The van der Waals surface area contributed by atoms with Gasteiger partial charge in [-0.05, 0) is 24.3 Å². The molecule has 0 amide bonds. The second kappa shape index (κ2) is 5.04. The first-order chi connectivity index (χ1) is 11.0. The summed E-state index contributed by atoms with van der Waals surface area (Å²) in [6.07, 6.45) is 0.484. The van der Waals surface area contributed by atoms with Crippen molar-refractivity contribution in [2.24, 2.45) is 0 Å². The SMILES string of the molecule is Nc1c(Cl)ccc2[nH]c(Cc3nc4c(N)c(Cl)ccc4[nH]3)nc12. The Balaban J connectivity index is 1.76. The monoisotopic (exact) mass is 346 g/mol. The van der Waals surface area contributed by atoms with E-state index in [1.165, 1.54) is 0 Å². The van der Waals surface area contributed by atoms with Gasteiger partial charge >= 0.3 is 0 Å². The van der Waals surface area contributed by atoms with E-state index in [4.69, 9.17) is 34.7 Å². The van der Waals surface area contributed by atoms with Gasteiger partial charge in [0.1, 0.15) is 22.7 Å². The minimum atomic E-state index is 0.465. The lowest BCUT2D eigenvalue weighted by Crippen LogP contribution is -1.93. The molecule has 0 spiro atoms. The second-order valence-electron chi connectivity index (χ2n) is 5.26. The number of halogens is 2. The van der Waals surface area contributed by atoms with Crippen LogP contribution in [0.25, 0.3) is 22.1 Å². The maximum absolute atomic E-state index is 6.02. The van der Waals surface area contributed by atoms with E-state index < -0.39 is 0 Å². The number of rotatable bonds is 2. The Kier molecular flexibility index (Phi) is 3.11. The highest BCUT2D eigenvalue weighted by atomic mass is 35.5. The molecule has 4 rings (SSSR count). The average Bonchev–Trinajstić information content (AvgIpc) is 3.12. The van der Waals surface area contributed by atoms with Gasteiger partial charge in [-0.1, -0.05) is 23.2 Å². The van der Waals surface area contributed by atoms with E-state index in [0.29, 0.717) is 38.9 Å². The number of benzene rings is 2. The number of H-pyrrole nitrogens is 2. The summed E-state index contributed by atoms with van der Waals surface area (Å²) in [5, 5.41) is 0.975. The Labute approximate surface area is 140 Å². The molecule has 0 unspecified atom stereocenters. The molecule has 0 bridgehead atoms. The van der Waals surface area contributed by atoms with Gasteiger partial charge in [0, 0.05) is 0 Å². The predicted molar refractivity (Wildman–Crippen MR) is 93.8 cm³/mol. The largest absolute Gasteiger partial charge is 0.396 e. The van der Waals surface area contributed by atoms with E-state index in [1.54, 1.807) is 12.1 Å². The van der Waals surface area contributed by atoms with E-state index in [0.717, 1.165) is 22.7 Å².